The molecular weight excluding hydrogens is 391 g/mol. The van der Waals surface area contributed by atoms with Crippen LogP contribution < -0.4 is 10.6 Å². The van der Waals surface area contributed by atoms with Gasteiger partial charge >= 0.3 is 0 Å². The Labute approximate surface area is 138 Å². The van der Waals surface area contributed by atoms with Crippen molar-refractivity contribution < 1.29 is 0 Å². The van der Waals surface area contributed by atoms with Crippen LogP contribution >= 0.6 is 46.7 Å². The van der Waals surface area contributed by atoms with Crippen molar-refractivity contribution in [2.45, 2.75) is 20.0 Å². The van der Waals surface area contributed by atoms with Gasteiger partial charge in [-0.05, 0) is 18.4 Å². The maximum absolute atomic E-state index is 4.40. The van der Waals surface area contributed by atoms with E-state index in [0.717, 1.165) is 23.2 Å². The Morgan fingerprint density at radius 2 is 2.11 bits per heavy atom. The van der Waals surface area contributed by atoms with Gasteiger partial charge in [-0.25, -0.2) is 4.98 Å². The maximum Gasteiger partial charge on any atom is 0.191 e. The Hall–Kier alpha value is -0.670. The van der Waals surface area contributed by atoms with Crippen LogP contribution in [-0.2, 0) is 13.1 Å². The van der Waals surface area contributed by atoms with Gasteiger partial charge in [-0.3, -0.25) is 4.99 Å². The first kappa shape index (κ1) is 16.4. The molecule has 2 heterocycles. The van der Waals surface area contributed by atoms with Gasteiger partial charge in [-0.15, -0.1) is 46.7 Å². The topological polar surface area (TPSA) is 49.3 Å². The van der Waals surface area contributed by atoms with Crippen LogP contribution in [0.1, 0.15) is 15.6 Å². The number of hydrogen-bond donors (Lipinski definition) is 2. The second kappa shape index (κ2) is 8.49. The summed E-state index contributed by atoms with van der Waals surface area (Å²) in [7, 11) is 1.77. The van der Waals surface area contributed by atoms with Gasteiger partial charge in [0.15, 0.2) is 5.96 Å². The minimum absolute atomic E-state index is 0. The van der Waals surface area contributed by atoms with Gasteiger partial charge in [-0.1, -0.05) is 6.07 Å². The maximum atomic E-state index is 4.40. The molecule has 0 aliphatic rings. The molecule has 0 atom stereocenters. The highest BCUT2D eigenvalue weighted by molar-refractivity contribution is 14.0. The summed E-state index contributed by atoms with van der Waals surface area (Å²) in [5.74, 6) is 0.802. The van der Waals surface area contributed by atoms with Gasteiger partial charge in [-0.2, -0.15) is 0 Å². The highest BCUT2D eigenvalue weighted by Gasteiger charge is 2.01. The van der Waals surface area contributed by atoms with Crippen molar-refractivity contribution in [3.05, 3.63) is 38.5 Å². The Morgan fingerprint density at radius 3 is 2.68 bits per heavy atom. The molecule has 19 heavy (non-hydrogen) atoms. The summed E-state index contributed by atoms with van der Waals surface area (Å²) >= 11 is 3.40. The zero-order valence-corrected chi connectivity index (χ0v) is 14.8. The van der Waals surface area contributed by atoms with Crippen molar-refractivity contribution in [2.75, 3.05) is 7.05 Å². The lowest BCUT2D eigenvalue weighted by molar-refractivity contribution is 0.809. The number of thiophene rings is 1. The van der Waals surface area contributed by atoms with E-state index in [1.807, 2.05) is 6.92 Å². The van der Waals surface area contributed by atoms with Gasteiger partial charge < -0.3 is 10.6 Å². The van der Waals surface area contributed by atoms with Crippen LogP contribution in [0.2, 0.25) is 0 Å². The minimum Gasteiger partial charge on any atom is -0.352 e. The second-order valence-electron chi connectivity index (χ2n) is 3.74. The van der Waals surface area contributed by atoms with E-state index >= 15 is 0 Å². The third kappa shape index (κ3) is 5.45. The number of aryl methyl sites for hydroxylation is 1. The van der Waals surface area contributed by atoms with E-state index in [0.29, 0.717) is 6.54 Å². The highest BCUT2D eigenvalue weighted by atomic mass is 127. The summed E-state index contributed by atoms with van der Waals surface area (Å²) in [5.41, 5.74) is 1.07. The number of thiazole rings is 1. The molecule has 2 N–H and O–H groups in total. The zero-order chi connectivity index (χ0) is 12.8. The van der Waals surface area contributed by atoms with Crippen molar-refractivity contribution in [2.24, 2.45) is 4.99 Å². The smallest absolute Gasteiger partial charge is 0.191 e. The van der Waals surface area contributed by atoms with E-state index in [9.17, 15) is 0 Å². The Bertz CT molecular complexity index is 508. The molecule has 0 saturated heterocycles. The number of nitrogens with one attached hydrogen (secondary N) is 2. The first-order chi connectivity index (χ1) is 8.78. The molecule has 7 heteroatoms. The normalized spacial score (nSPS) is 10.9. The molecule has 0 bridgehead atoms. The summed E-state index contributed by atoms with van der Waals surface area (Å²) in [6, 6.07) is 4.16. The average Bonchev–Trinajstić information content (AvgIpc) is 3.01. The predicted molar refractivity (Wildman–Crippen MR) is 93.6 cm³/mol. The zero-order valence-electron chi connectivity index (χ0n) is 10.8. The Balaban J connectivity index is 0.00000180. The van der Waals surface area contributed by atoms with Crippen LogP contribution in [0.15, 0.2) is 27.9 Å². The summed E-state index contributed by atoms with van der Waals surface area (Å²) < 4.78 is 0. The van der Waals surface area contributed by atoms with Crippen LogP contribution in [-0.4, -0.2) is 18.0 Å². The molecule has 2 aromatic heterocycles. The standard InChI is InChI=1S/C12H16N4S2.HI/c1-9-8-18-11(16-9)7-15-12(13-2)14-6-10-4-3-5-17-10;/h3-5,8H,6-7H2,1-2H3,(H2,13,14,15);1H. The lowest BCUT2D eigenvalue weighted by Crippen LogP contribution is -2.36. The van der Waals surface area contributed by atoms with Gasteiger partial charge in [0.05, 0.1) is 13.1 Å². The van der Waals surface area contributed by atoms with Crippen LogP contribution in [0.5, 0.6) is 0 Å². The van der Waals surface area contributed by atoms with Gasteiger partial charge in [0.25, 0.3) is 0 Å². The third-order valence-electron chi connectivity index (χ3n) is 2.31. The predicted octanol–water partition coefficient (Wildman–Crippen LogP) is 3.00. The second-order valence-corrected chi connectivity index (χ2v) is 5.72. The molecule has 0 fully saturated rings. The fraction of sp³-hybridized carbons (Fsp3) is 0.333. The lowest BCUT2D eigenvalue weighted by atomic mass is 10.5. The molecule has 4 nitrogen and oxygen atoms in total. The van der Waals surface area contributed by atoms with Gasteiger partial charge in [0.2, 0.25) is 0 Å². The number of nitrogens with zero attached hydrogens (tertiary/aromatic N) is 2. The van der Waals surface area contributed by atoms with E-state index in [1.54, 1.807) is 29.7 Å². The van der Waals surface area contributed by atoms with Crippen molar-refractivity contribution >= 4 is 52.6 Å². The molecule has 0 spiro atoms. The first-order valence-corrected chi connectivity index (χ1v) is 7.42. The van der Waals surface area contributed by atoms with Crippen LogP contribution in [0.25, 0.3) is 0 Å². The number of halogens is 1. The quantitative estimate of drug-likeness (QED) is 0.465. The van der Waals surface area contributed by atoms with E-state index < -0.39 is 0 Å². The molecule has 0 saturated carbocycles. The molecule has 0 radical (unpaired) electrons. The van der Waals surface area contributed by atoms with Crippen molar-refractivity contribution in [3.8, 4) is 0 Å². The van der Waals surface area contributed by atoms with E-state index in [4.69, 9.17) is 0 Å². The molecule has 2 rings (SSSR count). The van der Waals surface area contributed by atoms with Gasteiger partial charge in [0.1, 0.15) is 5.01 Å². The van der Waals surface area contributed by atoms with Crippen LogP contribution in [0, 0.1) is 6.92 Å². The molecule has 2 aromatic rings. The van der Waals surface area contributed by atoms with Crippen LogP contribution in [0.4, 0.5) is 0 Å². The highest BCUT2D eigenvalue weighted by Crippen LogP contribution is 2.08. The molecule has 0 unspecified atom stereocenters. The monoisotopic (exact) mass is 408 g/mol. The summed E-state index contributed by atoms with van der Waals surface area (Å²) in [6.07, 6.45) is 0. The lowest BCUT2D eigenvalue weighted by Gasteiger charge is -2.09. The minimum atomic E-state index is 0. The molecule has 0 aliphatic carbocycles. The molecule has 0 aromatic carbocycles. The van der Waals surface area contributed by atoms with Gasteiger partial charge in [0, 0.05) is 23.0 Å². The number of rotatable bonds is 4. The molecule has 0 aliphatic heterocycles. The van der Waals surface area contributed by atoms with Crippen molar-refractivity contribution in [3.63, 3.8) is 0 Å². The largest absolute Gasteiger partial charge is 0.352 e. The fourth-order valence-corrected chi connectivity index (χ4v) is 2.80. The molecule has 104 valence electrons. The average molecular weight is 408 g/mol. The number of hydrogen-bond acceptors (Lipinski definition) is 4. The number of aromatic nitrogens is 1. The summed E-state index contributed by atoms with van der Waals surface area (Å²) in [5, 5.41) is 11.7. The fourth-order valence-electron chi connectivity index (χ4n) is 1.45. The molecule has 0 amide bonds. The van der Waals surface area contributed by atoms with Crippen LogP contribution in [0.3, 0.4) is 0 Å². The SMILES string of the molecule is CN=C(NCc1cccs1)NCc1nc(C)cs1.I. The molecular formula is C12H17IN4S2. The Morgan fingerprint density at radius 1 is 1.32 bits per heavy atom. The van der Waals surface area contributed by atoms with E-state index in [-0.39, 0.29) is 24.0 Å². The van der Waals surface area contributed by atoms with E-state index in [2.05, 4.69) is 43.5 Å². The first-order valence-electron chi connectivity index (χ1n) is 5.66. The van der Waals surface area contributed by atoms with Crippen molar-refractivity contribution in [1.29, 1.82) is 0 Å². The summed E-state index contributed by atoms with van der Waals surface area (Å²) in [6.45, 7) is 3.51. The summed E-state index contributed by atoms with van der Waals surface area (Å²) in [4.78, 5) is 9.88. The number of aliphatic imine (C=N–C) groups is 1. The third-order valence-corrected chi connectivity index (χ3v) is 4.15. The number of guanidine groups is 1. The van der Waals surface area contributed by atoms with E-state index in [1.165, 1.54) is 4.88 Å². The Kier molecular flexibility index (Phi) is 7.32. The van der Waals surface area contributed by atoms with Crippen molar-refractivity contribution in [1.82, 2.24) is 15.6 Å².